The third-order valence-corrected chi connectivity index (χ3v) is 7.92. The van der Waals surface area contributed by atoms with Crippen molar-refractivity contribution >= 4 is 45.4 Å². The molecule has 0 bridgehead atoms. The fraction of sp³-hybridized carbons (Fsp3) is 0.333. The third kappa shape index (κ3) is 5.76. The van der Waals surface area contributed by atoms with Crippen LogP contribution < -0.4 is 10.6 Å². The summed E-state index contributed by atoms with van der Waals surface area (Å²) in [6.07, 6.45) is -2.23. The maximum atomic E-state index is 13.4. The summed E-state index contributed by atoms with van der Waals surface area (Å²) in [5, 5.41) is 6.34. The van der Waals surface area contributed by atoms with Gasteiger partial charge in [0.15, 0.2) is 0 Å². The van der Waals surface area contributed by atoms with E-state index in [1.54, 1.807) is 24.3 Å². The van der Waals surface area contributed by atoms with Crippen LogP contribution in [0.25, 0.3) is 0 Å². The molecule has 4 rings (SSSR count). The molecule has 1 atom stereocenters. The Hall–Kier alpha value is -2.84. The SMILES string of the molecule is CC(C)(C)C1CCc2c(sc(NC(=O)c3ccc(Cl)cc3)c2C(=O)Nc2cccc(C(F)(F)F)c2)C1. The van der Waals surface area contributed by atoms with E-state index in [2.05, 4.69) is 31.4 Å². The van der Waals surface area contributed by atoms with Crippen LogP contribution in [0.1, 0.15) is 63.9 Å². The lowest BCUT2D eigenvalue weighted by Gasteiger charge is -2.33. The molecule has 2 aromatic carbocycles. The van der Waals surface area contributed by atoms with Gasteiger partial charge in [-0.05, 0) is 78.6 Å². The van der Waals surface area contributed by atoms with E-state index >= 15 is 0 Å². The van der Waals surface area contributed by atoms with Crippen molar-refractivity contribution in [2.45, 2.75) is 46.2 Å². The highest BCUT2D eigenvalue weighted by Gasteiger charge is 2.35. The van der Waals surface area contributed by atoms with Gasteiger partial charge in [0.05, 0.1) is 11.1 Å². The first kappa shape index (κ1) is 26.2. The van der Waals surface area contributed by atoms with Crippen molar-refractivity contribution in [1.29, 1.82) is 0 Å². The predicted molar refractivity (Wildman–Crippen MR) is 138 cm³/mol. The number of hydrogen-bond donors (Lipinski definition) is 2. The van der Waals surface area contributed by atoms with Gasteiger partial charge in [0.25, 0.3) is 11.8 Å². The van der Waals surface area contributed by atoms with Crippen molar-refractivity contribution in [3.05, 3.63) is 80.7 Å². The Balaban J connectivity index is 1.68. The van der Waals surface area contributed by atoms with E-state index < -0.39 is 23.6 Å². The number of halogens is 4. The minimum Gasteiger partial charge on any atom is -0.322 e. The molecule has 190 valence electrons. The van der Waals surface area contributed by atoms with Crippen LogP contribution in [-0.4, -0.2) is 11.8 Å². The predicted octanol–water partition coefficient (Wildman–Crippen LogP) is 8.08. The molecule has 36 heavy (non-hydrogen) atoms. The molecular formula is C27H26ClF3N2O2S. The van der Waals surface area contributed by atoms with Gasteiger partial charge in [-0.3, -0.25) is 9.59 Å². The summed E-state index contributed by atoms with van der Waals surface area (Å²) < 4.78 is 39.5. The molecule has 4 nitrogen and oxygen atoms in total. The molecule has 0 saturated heterocycles. The van der Waals surface area contributed by atoms with Crippen LogP contribution in [-0.2, 0) is 19.0 Å². The highest BCUT2D eigenvalue weighted by Crippen LogP contribution is 2.44. The van der Waals surface area contributed by atoms with Crippen molar-refractivity contribution in [2.24, 2.45) is 11.3 Å². The van der Waals surface area contributed by atoms with E-state index in [-0.39, 0.29) is 11.1 Å². The molecule has 0 radical (unpaired) electrons. The monoisotopic (exact) mass is 534 g/mol. The molecule has 0 aliphatic heterocycles. The van der Waals surface area contributed by atoms with Gasteiger partial charge in [0.2, 0.25) is 0 Å². The lowest BCUT2D eigenvalue weighted by atomic mass is 9.72. The smallest absolute Gasteiger partial charge is 0.322 e. The maximum Gasteiger partial charge on any atom is 0.416 e. The normalized spacial score (nSPS) is 15.8. The number of thiophene rings is 1. The number of fused-ring (bicyclic) bond motifs is 1. The zero-order valence-corrected chi connectivity index (χ0v) is 21.6. The zero-order valence-electron chi connectivity index (χ0n) is 20.1. The van der Waals surface area contributed by atoms with Crippen molar-refractivity contribution < 1.29 is 22.8 Å². The first-order valence-electron chi connectivity index (χ1n) is 11.5. The van der Waals surface area contributed by atoms with Crippen molar-refractivity contribution in [3.63, 3.8) is 0 Å². The van der Waals surface area contributed by atoms with Gasteiger partial charge in [-0.25, -0.2) is 0 Å². The highest BCUT2D eigenvalue weighted by atomic mass is 35.5. The Morgan fingerprint density at radius 1 is 1.00 bits per heavy atom. The van der Waals surface area contributed by atoms with Gasteiger partial charge in [-0.2, -0.15) is 13.2 Å². The first-order chi connectivity index (χ1) is 16.8. The van der Waals surface area contributed by atoms with Crippen LogP contribution in [0.2, 0.25) is 5.02 Å². The molecule has 1 heterocycles. The van der Waals surface area contributed by atoms with E-state index in [1.165, 1.54) is 23.5 Å². The molecule has 0 spiro atoms. The van der Waals surface area contributed by atoms with Crippen LogP contribution in [0.5, 0.6) is 0 Å². The molecular weight excluding hydrogens is 509 g/mol. The largest absolute Gasteiger partial charge is 0.416 e. The minimum absolute atomic E-state index is 0.0353. The van der Waals surface area contributed by atoms with Gasteiger partial charge in [-0.15, -0.1) is 11.3 Å². The first-order valence-corrected chi connectivity index (χ1v) is 12.7. The van der Waals surface area contributed by atoms with Crippen molar-refractivity contribution in [2.75, 3.05) is 10.6 Å². The van der Waals surface area contributed by atoms with E-state index in [0.29, 0.717) is 33.5 Å². The number of benzene rings is 2. The summed E-state index contributed by atoms with van der Waals surface area (Å²) in [5.74, 6) is -0.541. The number of nitrogens with one attached hydrogen (secondary N) is 2. The van der Waals surface area contributed by atoms with Gasteiger partial charge < -0.3 is 10.6 Å². The minimum atomic E-state index is -4.53. The summed E-state index contributed by atoms with van der Waals surface area (Å²) in [4.78, 5) is 27.4. The molecule has 1 aromatic heterocycles. The fourth-order valence-electron chi connectivity index (χ4n) is 4.40. The molecule has 3 aromatic rings. The summed E-state index contributed by atoms with van der Waals surface area (Å²) in [5.41, 5.74) is 0.792. The Morgan fingerprint density at radius 2 is 1.69 bits per heavy atom. The Bertz CT molecular complexity index is 1290. The number of carbonyl (C=O) groups excluding carboxylic acids is 2. The molecule has 9 heteroatoms. The quantitative estimate of drug-likeness (QED) is 0.355. The molecule has 1 aliphatic rings. The number of amides is 2. The summed E-state index contributed by atoms with van der Waals surface area (Å²) in [6, 6.07) is 10.9. The third-order valence-electron chi connectivity index (χ3n) is 6.50. The topological polar surface area (TPSA) is 58.2 Å². The molecule has 1 unspecified atom stereocenters. The number of carbonyl (C=O) groups is 2. The second-order valence-corrected chi connectivity index (χ2v) is 11.5. The number of alkyl halides is 3. The molecule has 2 N–H and O–H groups in total. The van der Waals surface area contributed by atoms with E-state index in [0.717, 1.165) is 35.4 Å². The Kier molecular flexibility index (Phi) is 7.21. The van der Waals surface area contributed by atoms with Gasteiger partial charge in [-0.1, -0.05) is 38.4 Å². The van der Waals surface area contributed by atoms with E-state index in [9.17, 15) is 22.8 Å². The summed E-state index contributed by atoms with van der Waals surface area (Å²) in [6.45, 7) is 6.54. The number of rotatable bonds is 4. The Labute approximate surface area is 216 Å². The molecule has 1 aliphatic carbocycles. The van der Waals surface area contributed by atoms with Gasteiger partial charge in [0, 0.05) is 21.2 Å². The van der Waals surface area contributed by atoms with Crippen LogP contribution in [0.15, 0.2) is 48.5 Å². The maximum absolute atomic E-state index is 13.4. The molecule has 0 fully saturated rings. The summed E-state index contributed by atoms with van der Waals surface area (Å²) in [7, 11) is 0. The van der Waals surface area contributed by atoms with Crippen LogP contribution in [0.4, 0.5) is 23.9 Å². The second kappa shape index (κ2) is 9.90. The Morgan fingerprint density at radius 3 is 2.33 bits per heavy atom. The van der Waals surface area contributed by atoms with E-state index in [1.807, 2.05) is 0 Å². The lowest BCUT2D eigenvalue weighted by Crippen LogP contribution is -2.27. The van der Waals surface area contributed by atoms with Crippen LogP contribution >= 0.6 is 22.9 Å². The van der Waals surface area contributed by atoms with Crippen molar-refractivity contribution in [3.8, 4) is 0 Å². The average Bonchev–Trinajstić information content (AvgIpc) is 3.15. The second-order valence-electron chi connectivity index (χ2n) is 10.0. The average molecular weight is 535 g/mol. The van der Waals surface area contributed by atoms with Gasteiger partial charge in [0.1, 0.15) is 5.00 Å². The highest BCUT2D eigenvalue weighted by molar-refractivity contribution is 7.17. The van der Waals surface area contributed by atoms with Gasteiger partial charge >= 0.3 is 6.18 Å². The number of hydrogen-bond acceptors (Lipinski definition) is 3. The number of anilines is 2. The fourth-order valence-corrected chi connectivity index (χ4v) is 5.84. The van der Waals surface area contributed by atoms with Crippen molar-refractivity contribution in [1.82, 2.24) is 0 Å². The molecule has 2 amide bonds. The molecule has 0 saturated carbocycles. The standard InChI is InChI=1S/C27H26ClF3N2O2S/c1-26(2,3)16-9-12-20-21(14-16)36-25(33-23(34)15-7-10-18(28)11-8-15)22(20)24(35)32-19-6-4-5-17(13-19)27(29,30)31/h4-8,10-11,13,16H,9,12,14H2,1-3H3,(H,32,35)(H,33,34). The van der Waals surface area contributed by atoms with Crippen LogP contribution in [0, 0.1) is 11.3 Å². The summed E-state index contributed by atoms with van der Waals surface area (Å²) >= 11 is 7.28. The lowest BCUT2D eigenvalue weighted by molar-refractivity contribution is -0.137. The van der Waals surface area contributed by atoms with Crippen LogP contribution in [0.3, 0.4) is 0 Å². The van der Waals surface area contributed by atoms with E-state index in [4.69, 9.17) is 11.6 Å². The zero-order chi connectivity index (χ0) is 26.3.